The summed E-state index contributed by atoms with van der Waals surface area (Å²) in [4.78, 5) is 23.1. The number of benzene rings is 1. The maximum Gasteiger partial charge on any atom is 0.335 e. The molecule has 1 fully saturated rings. The van der Waals surface area contributed by atoms with Gasteiger partial charge in [0, 0.05) is 18.5 Å². The van der Waals surface area contributed by atoms with Gasteiger partial charge in [0.2, 0.25) is 6.29 Å². The van der Waals surface area contributed by atoms with Gasteiger partial charge >= 0.3 is 5.97 Å². The number of hydrogen-bond donors (Lipinski definition) is 5. The molecule has 1 saturated heterocycles. The van der Waals surface area contributed by atoms with E-state index in [1.165, 1.54) is 19.2 Å². The zero-order valence-corrected chi connectivity index (χ0v) is 14.4. The number of fused-ring (bicyclic) bond motifs is 1. The van der Waals surface area contributed by atoms with Crippen molar-refractivity contribution in [2.24, 2.45) is 0 Å². The first-order valence-electron chi connectivity index (χ1n) is 8.09. The Morgan fingerprint density at radius 3 is 2.48 bits per heavy atom. The number of amides is 1. The molecule has 1 aliphatic heterocycles. The molecular formula is C17H19NO9. The van der Waals surface area contributed by atoms with Gasteiger partial charge < -0.3 is 39.6 Å². The normalized spacial score (nSPS) is 28.1. The smallest absolute Gasteiger partial charge is 0.335 e. The minimum Gasteiger partial charge on any atom is -0.479 e. The highest BCUT2D eigenvalue weighted by Crippen LogP contribution is 2.31. The van der Waals surface area contributed by atoms with E-state index in [1.54, 1.807) is 13.0 Å². The fraction of sp³-hybridized carbons (Fsp3) is 0.412. The van der Waals surface area contributed by atoms with Gasteiger partial charge in [0.15, 0.2) is 6.10 Å². The van der Waals surface area contributed by atoms with Crippen molar-refractivity contribution in [3.8, 4) is 5.75 Å². The van der Waals surface area contributed by atoms with Crippen LogP contribution in [0.2, 0.25) is 0 Å². The third-order valence-electron chi connectivity index (χ3n) is 4.36. The van der Waals surface area contributed by atoms with Crippen molar-refractivity contribution in [1.29, 1.82) is 0 Å². The van der Waals surface area contributed by atoms with Crippen LogP contribution in [0.1, 0.15) is 16.1 Å². The van der Waals surface area contributed by atoms with Crippen LogP contribution >= 0.6 is 0 Å². The predicted octanol–water partition coefficient (Wildman–Crippen LogP) is -0.628. The largest absolute Gasteiger partial charge is 0.479 e. The first-order valence-corrected chi connectivity index (χ1v) is 8.09. The first-order chi connectivity index (χ1) is 12.7. The second-order valence-electron chi connectivity index (χ2n) is 6.12. The summed E-state index contributed by atoms with van der Waals surface area (Å²) in [5.41, 5.74) is 0.710. The SMILES string of the molecule is CNC(=O)c1c(C)oc2cc(O[C@@H]3O[C@H](C(=O)O)[C@@H](O)[C@H](O)[C@H]3O)ccc12. The van der Waals surface area contributed by atoms with E-state index >= 15 is 0 Å². The highest BCUT2D eigenvalue weighted by Gasteiger charge is 2.48. The average Bonchev–Trinajstić information content (AvgIpc) is 2.96. The molecule has 0 radical (unpaired) electrons. The van der Waals surface area contributed by atoms with Gasteiger partial charge in [0.25, 0.3) is 5.91 Å². The number of aliphatic hydroxyl groups is 3. The molecule has 2 heterocycles. The Morgan fingerprint density at radius 1 is 1.15 bits per heavy atom. The molecule has 2 aromatic rings. The zero-order chi connectivity index (χ0) is 19.9. The Balaban J connectivity index is 1.88. The highest BCUT2D eigenvalue weighted by molar-refractivity contribution is 6.07. The summed E-state index contributed by atoms with van der Waals surface area (Å²) in [7, 11) is 1.50. The fourth-order valence-corrected chi connectivity index (χ4v) is 2.96. The monoisotopic (exact) mass is 381 g/mol. The van der Waals surface area contributed by atoms with Crippen molar-refractivity contribution < 1.29 is 43.9 Å². The summed E-state index contributed by atoms with van der Waals surface area (Å²) in [5.74, 6) is -1.27. The molecule has 146 valence electrons. The molecule has 5 N–H and O–H groups in total. The number of carbonyl (C=O) groups is 2. The summed E-state index contributed by atoms with van der Waals surface area (Å²) in [5, 5.41) is 41.6. The number of carbonyl (C=O) groups excluding carboxylic acids is 1. The summed E-state index contributed by atoms with van der Waals surface area (Å²) >= 11 is 0. The van der Waals surface area contributed by atoms with Crippen molar-refractivity contribution >= 4 is 22.8 Å². The number of aliphatic carboxylic acids is 1. The van der Waals surface area contributed by atoms with E-state index in [2.05, 4.69) is 5.32 Å². The van der Waals surface area contributed by atoms with Gasteiger partial charge in [-0.2, -0.15) is 0 Å². The molecule has 5 atom stereocenters. The molecular weight excluding hydrogens is 362 g/mol. The summed E-state index contributed by atoms with van der Waals surface area (Å²) in [6.45, 7) is 1.63. The van der Waals surface area contributed by atoms with Crippen LogP contribution in [0.15, 0.2) is 22.6 Å². The molecule has 0 spiro atoms. The molecule has 10 nitrogen and oxygen atoms in total. The van der Waals surface area contributed by atoms with Gasteiger partial charge in [0.1, 0.15) is 35.4 Å². The van der Waals surface area contributed by atoms with Crippen molar-refractivity contribution in [2.45, 2.75) is 37.6 Å². The molecule has 0 bridgehead atoms. The number of hydrogen-bond acceptors (Lipinski definition) is 8. The van der Waals surface area contributed by atoms with E-state index < -0.39 is 36.7 Å². The average molecular weight is 381 g/mol. The van der Waals surface area contributed by atoms with Crippen LogP contribution in [0.25, 0.3) is 11.0 Å². The summed E-state index contributed by atoms with van der Waals surface area (Å²) in [6.07, 6.45) is -8.53. The Morgan fingerprint density at radius 2 is 1.85 bits per heavy atom. The van der Waals surface area contributed by atoms with Crippen molar-refractivity contribution in [3.05, 3.63) is 29.5 Å². The summed E-state index contributed by atoms with van der Waals surface area (Å²) < 4.78 is 16.1. The topological polar surface area (TPSA) is 159 Å². The minimum atomic E-state index is -1.80. The van der Waals surface area contributed by atoms with Gasteiger partial charge in [-0.25, -0.2) is 4.79 Å². The van der Waals surface area contributed by atoms with Crippen LogP contribution in [0.5, 0.6) is 5.75 Å². The number of aryl methyl sites for hydroxylation is 1. The van der Waals surface area contributed by atoms with E-state index in [9.17, 15) is 24.9 Å². The third-order valence-corrected chi connectivity index (χ3v) is 4.36. The lowest BCUT2D eigenvalue weighted by atomic mass is 9.99. The third kappa shape index (κ3) is 3.35. The number of rotatable bonds is 4. The molecule has 1 aromatic heterocycles. The molecule has 0 saturated carbocycles. The maximum absolute atomic E-state index is 12.0. The molecule has 3 rings (SSSR count). The van der Waals surface area contributed by atoms with Gasteiger partial charge in [-0.1, -0.05) is 0 Å². The number of aliphatic hydroxyl groups excluding tert-OH is 3. The Hall–Kier alpha value is -2.66. The number of ether oxygens (including phenoxy) is 2. The van der Waals surface area contributed by atoms with Crippen LogP contribution in [0.3, 0.4) is 0 Å². The number of furan rings is 1. The van der Waals surface area contributed by atoms with Crippen LogP contribution in [-0.2, 0) is 9.53 Å². The summed E-state index contributed by atoms with van der Waals surface area (Å²) in [6, 6.07) is 4.49. The lowest BCUT2D eigenvalue weighted by molar-refractivity contribution is -0.271. The molecule has 0 aliphatic carbocycles. The Labute approximate surface area is 152 Å². The van der Waals surface area contributed by atoms with Crippen LogP contribution in [-0.4, -0.2) is 70.1 Å². The van der Waals surface area contributed by atoms with Gasteiger partial charge in [0.05, 0.1) is 5.56 Å². The minimum absolute atomic E-state index is 0.150. The molecule has 0 unspecified atom stereocenters. The van der Waals surface area contributed by atoms with Crippen molar-refractivity contribution in [3.63, 3.8) is 0 Å². The van der Waals surface area contributed by atoms with Crippen molar-refractivity contribution in [2.75, 3.05) is 7.05 Å². The van der Waals surface area contributed by atoms with Crippen LogP contribution < -0.4 is 10.1 Å². The van der Waals surface area contributed by atoms with E-state index in [0.29, 0.717) is 22.3 Å². The number of carboxylic acids is 1. The quantitative estimate of drug-likeness (QED) is 0.465. The molecule has 1 aliphatic rings. The van der Waals surface area contributed by atoms with Gasteiger partial charge in [-0.15, -0.1) is 0 Å². The van der Waals surface area contributed by atoms with Gasteiger partial charge in [-0.05, 0) is 19.1 Å². The van der Waals surface area contributed by atoms with E-state index in [4.69, 9.17) is 19.0 Å². The second kappa shape index (κ2) is 7.16. The Kier molecular flexibility index (Phi) is 5.07. The molecule has 10 heteroatoms. The standard InChI is InChI=1S/C17H19NO9/c1-6-10(15(22)18-2)8-4-3-7(5-9(8)25-6)26-17-13(21)11(19)12(20)14(27-17)16(23)24/h3-5,11-14,17,19-21H,1-2H3,(H,18,22)(H,23,24)/t11-,12-,13+,14-,17+/m0/s1. The van der Waals surface area contributed by atoms with Gasteiger partial charge in [-0.3, -0.25) is 4.79 Å². The molecule has 27 heavy (non-hydrogen) atoms. The predicted molar refractivity (Wildman–Crippen MR) is 89.3 cm³/mol. The first kappa shape index (κ1) is 19.1. The highest BCUT2D eigenvalue weighted by atomic mass is 16.7. The van der Waals surface area contributed by atoms with E-state index in [0.717, 1.165) is 0 Å². The number of carboxylic acid groups (broad SMARTS) is 1. The Bertz CT molecular complexity index is 877. The zero-order valence-electron chi connectivity index (χ0n) is 14.4. The lowest BCUT2D eigenvalue weighted by Crippen LogP contribution is -2.61. The molecule has 1 amide bonds. The van der Waals surface area contributed by atoms with Crippen molar-refractivity contribution in [1.82, 2.24) is 5.32 Å². The lowest BCUT2D eigenvalue weighted by Gasteiger charge is -2.38. The maximum atomic E-state index is 12.0. The number of nitrogens with one attached hydrogen (secondary N) is 1. The van der Waals surface area contributed by atoms with Crippen LogP contribution in [0.4, 0.5) is 0 Å². The van der Waals surface area contributed by atoms with E-state index in [1.807, 2.05) is 0 Å². The molecule has 1 aromatic carbocycles. The van der Waals surface area contributed by atoms with Crippen LogP contribution in [0, 0.1) is 6.92 Å². The van der Waals surface area contributed by atoms with E-state index in [-0.39, 0.29) is 11.7 Å². The fourth-order valence-electron chi connectivity index (χ4n) is 2.96. The second-order valence-corrected chi connectivity index (χ2v) is 6.12.